The standard InChI is InChI=1S/C20H25ClFN7O/c1-26-4-6-27(7-5-26)18-13-19(24-14-23-18)28-8-10-29(11-9-28)20(30)25-15-2-3-17(22)16(21)12-15/h2-3,12-14H,4-11H2,1H3,(H,25,30). The van der Waals surface area contributed by atoms with Crippen LogP contribution in [0, 0.1) is 5.82 Å². The van der Waals surface area contributed by atoms with Crippen molar-refractivity contribution >= 4 is 35.0 Å². The number of carbonyl (C=O) groups is 1. The van der Waals surface area contributed by atoms with E-state index in [0.29, 0.717) is 31.9 Å². The molecule has 2 fully saturated rings. The average Bonchev–Trinajstić information content (AvgIpc) is 2.77. The number of hydrogen-bond donors (Lipinski definition) is 1. The number of anilines is 3. The third-order valence-electron chi connectivity index (χ3n) is 5.53. The molecule has 1 N–H and O–H groups in total. The minimum Gasteiger partial charge on any atom is -0.354 e. The Bertz CT molecular complexity index is 898. The van der Waals surface area contributed by atoms with Crippen LogP contribution >= 0.6 is 11.6 Å². The second-order valence-corrected chi connectivity index (χ2v) is 7.97. The molecular weight excluding hydrogens is 409 g/mol. The molecule has 2 saturated heterocycles. The molecule has 0 aliphatic carbocycles. The summed E-state index contributed by atoms with van der Waals surface area (Å²) in [5, 5.41) is 2.75. The van der Waals surface area contributed by atoms with Crippen LogP contribution in [0.15, 0.2) is 30.6 Å². The zero-order valence-corrected chi connectivity index (χ0v) is 17.6. The summed E-state index contributed by atoms with van der Waals surface area (Å²) >= 11 is 5.78. The van der Waals surface area contributed by atoms with Crippen molar-refractivity contribution in [1.29, 1.82) is 0 Å². The number of likely N-dealkylation sites (N-methyl/N-ethyl adjacent to an activating group) is 1. The van der Waals surface area contributed by atoms with E-state index < -0.39 is 5.82 Å². The molecule has 10 heteroatoms. The monoisotopic (exact) mass is 433 g/mol. The third-order valence-corrected chi connectivity index (χ3v) is 5.82. The normalized spacial score (nSPS) is 17.9. The van der Waals surface area contributed by atoms with E-state index in [2.05, 4.69) is 37.0 Å². The molecule has 2 aliphatic heterocycles. The van der Waals surface area contributed by atoms with Gasteiger partial charge in [0, 0.05) is 64.1 Å². The Kier molecular flexibility index (Phi) is 6.19. The smallest absolute Gasteiger partial charge is 0.321 e. The molecule has 3 heterocycles. The zero-order valence-electron chi connectivity index (χ0n) is 16.9. The number of amides is 2. The van der Waals surface area contributed by atoms with Gasteiger partial charge in [0.25, 0.3) is 0 Å². The van der Waals surface area contributed by atoms with Gasteiger partial charge >= 0.3 is 6.03 Å². The number of nitrogens with one attached hydrogen (secondary N) is 1. The molecule has 0 radical (unpaired) electrons. The Morgan fingerprint density at radius 2 is 1.57 bits per heavy atom. The number of carbonyl (C=O) groups excluding carboxylic acids is 1. The summed E-state index contributed by atoms with van der Waals surface area (Å²) in [5.41, 5.74) is 0.474. The van der Waals surface area contributed by atoms with Gasteiger partial charge in [-0.2, -0.15) is 0 Å². The lowest BCUT2D eigenvalue weighted by molar-refractivity contribution is 0.208. The van der Waals surface area contributed by atoms with Crippen molar-refractivity contribution in [2.24, 2.45) is 0 Å². The first kappa shape index (κ1) is 20.6. The van der Waals surface area contributed by atoms with Crippen molar-refractivity contribution in [3.63, 3.8) is 0 Å². The van der Waals surface area contributed by atoms with Gasteiger partial charge in [0.15, 0.2) is 0 Å². The maximum Gasteiger partial charge on any atom is 0.321 e. The van der Waals surface area contributed by atoms with Crippen LogP contribution in [0.2, 0.25) is 5.02 Å². The summed E-state index contributed by atoms with van der Waals surface area (Å²) < 4.78 is 13.3. The fourth-order valence-electron chi connectivity index (χ4n) is 3.63. The zero-order chi connectivity index (χ0) is 21.1. The highest BCUT2D eigenvalue weighted by Crippen LogP contribution is 2.22. The van der Waals surface area contributed by atoms with Crippen molar-refractivity contribution in [1.82, 2.24) is 19.8 Å². The summed E-state index contributed by atoms with van der Waals surface area (Å²) in [7, 11) is 2.13. The topological polar surface area (TPSA) is 67.8 Å². The Morgan fingerprint density at radius 1 is 0.967 bits per heavy atom. The molecule has 160 valence electrons. The summed E-state index contributed by atoms with van der Waals surface area (Å²) in [6.07, 6.45) is 1.61. The molecule has 2 aliphatic rings. The molecule has 0 unspecified atom stereocenters. The number of benzene rings is 1. The van der Waals surface area contributed by atoms with Gasteiger partial charge in [0.2, 0.25) is 0 Å². The molecular formula is C20H25ClFN7O. The fourth-order valence-corrected chi connectivity index (χ4v) is 3.81. The largest absolute Gasteiger partial charge is 0.354 e. The van der Waals surface area contributed by atoms with Gasteiger partial charge in [0.05, 0.1) is 5.02 Å². The maximum atomic E-state index is 13.3. The summed E-state index contributed by atoms with van der Waals surface area (Å²) in [6, 6.07) is 5.95. The van der Waals surface area contributed by atoms with Crippen LogP contribution in [0.5, 0.6) is 0 Å². The predicted molar refractivity (Wildman–Crippen MR) is 116 cm³/mol. The number of rotatable bonds is 3. The lowest BCUT2D eigenvalue weighted by Crippen LogP contribution is -2.50. The van der Waals surface area contributed by atoms with Crippen molar-refractivity contribution < 1.29 is 9.18 Å². The van der Waals surface area contributed by atoms with Crippen LogP contribution in [0.4, 0.5) is 26.5 Å². The van der Waals surface area contributed by atoms with Crippen LogP contribution in [0.1, 0.15) is 0 Å². The lowest BCUT2D eigenvalue weighted by atomic mass is 10.3. The first-order chi connectivity index (χ1) is 14.5. The molecule has 8 nitrogen and oxygen atoms in total. The number of nitrogens with zero attached hydrogens (tertiary/aromatic N) is 6. The number of aromatic nitrogens is 2. The van der Waals surface area contributed by atoms with E-state index in [1.165, 1.54) is 18.2 Å². The van der Waals surface area contributed by atoms with Crippen LogP contribution < -0.4 is 15.1 Å². The number of hydrogen-bond acceptors (Lipinski definition) is 6. The van der Waals surface area contributed by atoms with E-state index in [1.807, 2.05) is 6.07 Å². The first-order valence-corrected chi connectivity index (χ1v) is 10.4. The Hall–Kier alpha value is -2.65. The van der Waals surface area contributed by atoms with Gasteiger partial charge in [-0.05, 0) is 25.2 Å². The van der Waals surface area contributed by atoms with E-state index in [-0.39, 0.29) is 11.1 Å². The van der Waals surface area contributed by atoms with E-state index >= 15 is 0 Å². The molecule has 1 aromatic carbocycles. The predicted octanol–water partition coefficient (Wildman–Crippen LogP) is 2.38. The Labute approximate surface area is 180 Å². The third kappa shape index (κ3) is 4.73. The van der Waals surface area contributed by atoms with Crippen molar-refractivity contribution in [3.8, 4) is 0 Å². The van der Waals surface area contributed by atoms with Crippen LogP contribution in [0.25, 0.3) is 0 Å². The average molecular weight is 434 g/mol. The second kappa shape index (κ2) is 9.01. The molecule has 2 amide bonds. The first-order valence-electron chi connectivity index (χ1n) is 10.0. The molecule has 1 aromatic heterocycles. The van der Waals surface area contributed by atoms with Gasteiger partial charge in [-0.15, -0.1) is 0 Å². The quantitative estimate of drug-likeness (QED) is 0.801. The SMILES string of the molecule is CN1CCN(c2cc(N3CCN(C(=O)Nc4ccc(F)c(Cl)c4)CC3)ncn2)CC1. The van der Waals surface area contributed by atoms with Crippen molar-refractivity contribution in [3.05, 3.63) is 41.4 Å². The molecule has 30 heavy (non-hydrogen) atoms. The van der Waals surface area contributed by atoms with E-state index in [1.54, 1.807) is 11.2 Å². The van der Waals surface area contributed by atoms with Crippen LogP contribution in [-0.4, -0.2) is 85.2 Å². The fraction of sp³-hybridized carbons (Fsp3) is 0.450. The molecule has 0 bridgehead atoms. The Balaban J connectivity index is 1.33. The highest BCUT2D eigenvalue weighted by atomic mass is 35.5. The van der Waals surface area contributed by atoms with Gasteiger partial charge in [-0.25, -0.2) is 19.2 Å². The second-order valence-electron chi connectivity index (χ2n) is 7.56. The van der Waals surface area contributed by atoms with Gasteiger partial charge < -0.3 is 24.9 Å². The summed E-state index contributed by atoms with van der Waals surface area (Å²) in [5.74, 6) is 1.31. The van der Waals surface area contributed by atoms with E-state index in [0.717, 1.165) is 37.8 Å². The number of urea groups is 1. The Morgan fingerprint density at radius 3 is 2.17 bits per heavy atom. The number of piperazine rings is 2. The molecule has 0 saturated carbocycles. The minimum atomic E-state index is -0.510. The highest BCUT2D eigenvalue weighted by molar-refractivity contribution is 6.31. The highest BCUT2D eigenvalue weighted by Gasteiger charge is 2.23. The number of halogens is 2. The molecule has 4 rings (SSSR count). The van der Waals surface area contributed by atoms with Gasteiger partial charge in [-0.1, -0.05) is 11.6 Å². The van der Waals surface area contributed by atoms with Crippen LogP contribution in [0.3, 0.4) is 0 Å². The summed E-state index contributed by atoms with van der Waals surface area (Å²) in [4.78, 5) is 29.9. The van der Waals surface area contributed by atoms with E-state index in [9.17, 15) is 9.18 Å². The van der Waals surface area contributed by atoms with Gasteiger partial charge in [-0.3, -0.25) is 0 Å². The lowest BCUT2D eigenvalue weighted by Gasteiger charge is -2.36. The molecule has 0 atom stereocenters. The van der Waals surface area contributed by atoms with Crippen LogP contribution in [-0.2, 0) is 0 Å². The van der Waals surface area contributed by atoms with Crippen molar-refractivity contribution in [2.45, 2.75) is 0 Å². The van der Waals surface area contributed by atoms with Gasteiger partial charge in [0.1, 0.15) is 23.8 Å². The summed E-state index contributed by atoms with van der Waals surface area (Å²) in [6.45, 7) is 6.43. The molecule has 0 spiro atoms. The molecule has 2 aromatic rings. The van der Waals surface area contributed by atoms with Crippen molar-refractivity contribution in [2.75, 3.05) is 74.5 Å². The minimum absolute atomic E-state index is 0.0162. The van der Waals surface area contributed by atoms with E-state index in [4.69, 9.17) is 11.6 Å². The maximum absolute atomic E-state index is 13.3.